The highest BCUT2D eigenvalue weighted by Gasteiger charge is 2.06. The van der Waals surface area contributed by atoms with Crippen molar-refractivity contribution in [1.29, 1.82) is 0 Å². The normalized spacial score (nSPS) is 9.95. The lowest BCUT2D eigenvalue weighted by atomic mass is 9.94. The van der Waals surface area contributed by atoms with E-state index in [0.717, 1.165) is 24.8 Å². The van der Waals surface area contributed by atoms with Gasteiger partial charge in [0.25, 0.3) is 0 Å². The first-order valence-electron chi connectivity index (χ1n) is 7.50. The van der Waals surface area contributed by atoms with E-state index in [2.05, 4.69) is 56.9 Å². The molecule has 20 heavy (non-hydrogen) atoms. The fourth-order valence-electron chi connectivity index (χ4n) is 2.42. The Morgan fingerprint density at radius 1 is 0.750 bits per heavy atom. The van der Waals surface area contributed by atoms with Gasteiger partial charge in [0.1, 0.15) is 0 Å². The average Bonchev–Trinajstić information content (AvgIpc) is 2.52. The van der Waals surface area contributed by atoms with Crippen molar-refractivity contribution in [1.82, 2.24) is 0 Å². The van der Waals surface area contributed by atoms with Gasteiger partial charge in [-0.1, -0.05) is 62.9 Å². The summed E-state index contributed by atoms with van der Waals surface area (Å²) in [5.74, 6) is 6.70. The summed E-state index contributed by atoms with van der Waals surface area (Å²) in [5.41, 5.74) is 6.49. The zero-order valence-corrected chi connectivity index (χ0v) is 12.7. The van der Waals surface area contributed by atoms with Gasteiger partial charge in [0.05, 0.1) is 0 Å². The van der Waals surface area contributed by atoms with Crippen LogP contribution in [-0.2, 0) is 19.3 Å². The van der Waals surface area contributed by atoms with Gasteiger partial charge in [-0.05, 0) is 48.1 Å². The van der Waals surface area contributed by atoms with Gasteiger partial charge in [0.2, 0.25) is 0 Å². The van der Waals surface area contributed by atoms with Crippen molar-refractivity contribution < 1.29 is 0 Å². The van der Waals surface area contributed by atoms with Gasteiger partial charge in [-0.2, -0.15) is 0 Å². The summed E-state index contributed by atoms with van der Waals surface area (Å²) in [6.07, 6.45) is 3.17. The standard InChI is InChI=1S/C20H22/c1-4-16-14-18(5-2)20(19(6-3)15-16)13-12-17-10-8-7-9-11-17/h7-11,14-15H,4-6H2,1-3H3. The summed E-state index contributed by atoms with van der Waals surface area (Å²) in [6.45, 7) is 6.63. The molecule has 0 saturated carbocycles. The van der Waals surface area contributed by atoms with E-state index in [9.17, 15) is 0 Å². The monoisotopic (exact) mass is 262 g/mol. The van der Waals surface area contributed by atoms with E-state index in [0.29, 0.717) is 0 Å². The molecule has 2 rings (SSSR count). The third-order valence-electron chi connectivity index (χ3n) is 3.64. The van der Waals surface area contributed by atoms with Crippen LogP contribution in [0.15, 0.2) is 42.5 Å². The summed E-state index contributed by atoms with van der Waals surface area (Å²) < 4.78 is 0. The number of benzene rings is 2. The molecule has 0 nitrogen and oxygen atoms in total. The second kappa shape index (κ2) is 6.96. The summed E-state index contributed by atoms with van der Waals surface area (Å²) in [5, 5.41) is 0. The van der Waals surface area contributed by atoms with E-state index in [4.69, 9.17) is 0 Å². The summed E-state index contributed by atoms with van der Waals surface area (Å²) >= 11 is 0. The Morgan fingerprint density at radius 2 is 1.35 bits per heavy atom. The first kappa shape index (κ1) is 14.4. The molecule has 0 spiro atoms. The molecule has 0 heterocycles. The lowest BCUT2D eigenvalue weighted by Gasteiger charge is -2.10. The van der Waals surface area contributed by atoms with E-state index in [1.165, 1.54) is 22.3 Å². The fourth-order valence-corrected chi connectivity index (χ4v) is 2.42. The Morgan fingerprint density at radius 3 is 1.85 bits per heavy atom. The van der Waals surface area contributed by atoms with Crippen LogP contribution in [0.2, 0.25) is 0 Å². The largest absolute Gasteiger partial charge is 0.0622 e. The van der Waals surface area contributed by atoms with Gasteiger partial charge in [-0.3, -0.25) is 0 Å². The lowest BCUT2D eigenvalue weighted by Crippen LogP contribution is -1.98. The van der Waals surface area contributed by atoms with E-state index >= 15 is 0 Å². The molecule has 0 aliphatic rings. The Kier molecular flexibility index (Phi) is 5.02. The third kappa shape index (κ3) is 3.31. The molecule has 0 aliphatic carbocycles. The predicted molar refractivity (Wildman–Crippen MR) is 87.0 cm³/mol. The van der Waals surface area contributed by atoms with E-state index in [-0.39, 0.29) is 0 Å². The zero-order chi connectivity index (χ0) is 14.4. The van der Waals surface area contributed by atoms with Crippen molar-refractivity contribution in [2.24, 2.45) is 0 Å². The molecule has 102 valence electrons. The molecule has 0 heteroatoms. The number of hydrogen-bond acceptors (Lipinski definition) is 0. The summed E-state index contributed by atoms with van der Waals surface area (Å²) in [4.78, 5) is 0. The second-order valence-electron chi connectivity index (χ2n) is 4.97. The maximum Gasteiger partial charge on any atom is 0.0313 e. The van der Waals surface area contributed by atoms with Crippen molar-refractivity contribution in [2.75, 3.05) is 0 Å². The van der Waals surface area contributed by atoms with Gasteiger partial charge < -0.3 is 0 Å². The fraction of sp³-hybridized carbons (Fsp3) is 0.300. The average molecular weight is 262 g/mol. The van der Waals surface area contributed by atoms with Crippen LogP contribution in [0.25, 0.3) is 0 Å². The minimum Gasteiger partial charge on any atom is -0.0622 e. The molecule has 0 aromatic heterocycles. The van der Waals surface area contributed by atoms with Crippen molar-refractivity contribution in [3.63, 3.8) is 0 Å². The SMILES string of the molecule is CCc1cc(CC)c(C#Cc2ccccc2)c(CC)c1. The van der Waals surface area contributed by atoms with Gasteiger partial charge in [0, 0.05) is 11.1 Å². The maximum atomic E-state index is 3.40. The van der Waals surface area contributed by atoms with Gasteiger partial charge in [-0.25, -0.2) is 0 Å². The molecule has 0 unspecified atom stereocenters. The van der Waals surface area contributed by atoms with Crippen molar-refractivity contribution in [3.8, 4) is 11.8 Å². The summed E-state index contributed by atoms with van der Waals surface area (Å²) in [6, 6.07) is 14.8. The van der Waals surface area contributed by atoms with Gasteiger partial charge in [-0.15, -0.1) is 0 Å². The first-order valence-corrected chi connectivity index (χ1v) is 7.50. The quantitative estimate of drug-likeness (QED) is 0.699. The Hall–Kier alpha value is -2.00. The van der Waals surface area contributed by atoms with Crippen LogP contribution < -0.4 is 0 Å². The first-order chi connectivity index (χ1) is 9.78. The van der Waals surface area contributed by atoms with Crippen LogP contribution in [0.3, 0.4) is 0 Å². The lowest BCUT2D eigenvalue weighted by molar-refractivity contribution is 1.03. The topological polar surface area (TPSA) is 0 Å². The number of rotatable bonds is 3. The number of aryl methyl sites for hydroxylation is 3. The molecule has 0 N–H and O–H groups in total. The van der Waals surface area contributed by atoms with Crippen LogP contribution in [0.5, 0.6) is 0 Å². The van der Waals surface area contributed by atoms with Crippen LogP contribution in [-0.4, -0.2) is 0 Å². The predicted octanol–water partition coefficient (Wildman–Crippen LogP) is 4.77. The van der Waals surface area contributed by atoms with Crippen molar-refractivity contribution in [3.05, 3.63) is 70.3 Å². The van der Waals surface area contributed by atoms with Crippen LogP contribution in [0.4, 0.5) is 0 Å². The second-order valence-corrected chi connectivity index (χ2v) is 4.97. The van der Waals surface area contributed by atoms with Crippen molar-refractivity contribution >= 4 is 0 Å². The molecular weight excluding hydrogens is 240 g/mol. The summed E-state index contributed by atoms with van der Waals surface area (Å²) in [7, 11) is 0. The van der Waals surface area contributed by atoms with Crippen LogP contribution >= 0.6 is 0 Å². The molecule has 0 amide bonds. The van der Waals surface area contributed by atoms with E-state index < -0.39 is 0 Å². The number of hydrogen-bond donors (Lipinski definition) is 0. The molecule has 0 bridgehead atoms. The minimum atomic E-state index is 1.04. The van der Waals surface area contributed by atoms with Crippen LogP contribution in [0, 0.1) is 11.8 Å². The highest BCUT2D eigenvalue weighted by atomic mass is 14.1. The minimum absolute atomic E-state index is 1.04. The third-order valence-corrected chi connectivity index (χ3v) is 3.64. The Bertz CT molecular complexity index is 599. The maximum absolute atomic E-state index is 3.40. The molecule has 0 atom stereocenters. The Balaban J connectivity index is 2.48. The molecule has 2 aromatic rings. The highest BCUT2D eigenvalue weighted by Crippen LogP contribution is 2.19. The van der Waals surface area contributed by atoms with Crippen LogP contribution in [0.1, 0.15) is 48.6 Å². The molecular formula is C20H22. The zero-order valence-electron chi connectivity index (χ0n) is 12.7. The molecule has 0 aliphatic heterocycles. The molecule has 2 aromatic carbocycles. The van der Waals surface area contributed by atoms with E-state index in [1.54, 1.807) is 0 Å². The highest BCUT2D eigenvalue weighted by molar-refractivity contribution is 5.52. The van der Waals surface area contributed by atoms with Gasteiger partial charge in [0.15, 0.2) is 0 Å². The molecule has 0 fully saturated rings. The van der Waals surface area contributed by atoms with Crippen molar-refractivity contribution in [2.45, 2.75) is 40.0 Å². The smallest absolute Gasteiger partial charge is 0.0313 e. The molecule has 0 saturated heterocycles. The van der Waals surface area contributed by atoms with Gasteiger partial charge >= 0.3 is 0 Å². The molecule has 0 radical (unpaired) electrons. The Labute approximate surface area is 122 Å². The van der Waals surface area contributed by atoms with E-state index in [1.807, 2.05) is 18.2 Å².